The minimum absolute atomic E-state index is 0.0763. The minimum atomic E-state index is 0.0763. The summed E-state index contributed by atoms with van der Waals surface area (Å²) in [5, 5.41) is 4.99. The van der Waals surface area contributed by atoms with Gasteiger partial charge in [-0.2, -0.15) is 5.10 Å². The number of para-hydroxylation sites is 1. The Morgan fingerprint density at radius 2 is 2.08 bits per heavy atom. The molecule has 0 bridgehead atoms. The third-order valence-corrected chi connectivity index (χ3v) is 3.81. The molecule has 0 saturated carbocycles. The zero-order valence-electron chi connectivity index (χ0n) is 12.8. The van der Waals surface area contributed by atoms with E-state index in [0.29, 0.717) is 33.7 Å². The van der Waals surface area contributed by atoms with Crippen LogP contribution in [0.15, 0.2) is 41.5 Å². The van der Waals surface area contributed by atoms with E-state index in [2.05, 4.69) is 10.5 Å². The summed E-state index contributed by atoms with van der Waals surface area (Å²) in [6.45, 7) is 0.292. The quantitative estimate of drug-likeness (QED) is 0.451. The maximum Gasteiger partial charge on any atom is 0.184 e. The molecule has 0 spiro atoms. The molecule has 2 aromatic rings. The van der Waals surface area contributed by atoms with E-state index in [4.69, 9.17) is 50.6 Å². The minimum Gasteiger partial charge on any atom is -0.493 e. The number of thiocarbonyl (C=S) groups is 1. The first-order valence-corrected chi connectivity index (χ1v) is 8.00. The van der Waals surface area contributed by atoms with E-state index in [1.807, 2.05) is 18.2 Å². The fourth-order valence-corrected chi connectivity index (χ4v) is 2.27. The van der Waals surface area contributed by atoms with E-state index in [-0.39, 0.29) is 5.11 Å². The highest BCUT2D eigenvalue weighted by Gasteiger charge is 2.10. The summed E-state index contributed by atoms with van der Waals surface area (Å²) in [5.41, 5.74) is 9.42. The first kappa shape index (κ1) is 18.3. The van der Waals surface area contributed by atoms with Crippen LogP contribution in [0.3, 0.4) is 0 Å². The second-order valence-corrected chi connectivity index (χ2v) is 5.90. The number of hydrazone groups is 1. The predicted octanol–water partition coefficient (Wildman–Crippen LogP) is 3.75. The van der Waals surface area contributed by atoms with Crippen LogP contribution in [0.25, 0.3) is 0 Å². The van der Waals surface area contributed by atoms with Crippen molar-refractivity contribution >= 4 is 46.7 Å². The van der Waals surface area contributed by atoms with E-state index in [1.165, 1.54) is 0 Å². The highest BCUT2D eigenvalue weighted by Crippen LogP contribution is 2.31. The van der Waals surface area contributed by atoms with Gasteiger partial charge in [-0.15, -0.1) is 0 Å². The van der Waals surface area contributed by atoms with E-state index in [9.17, 15) is 0 Å². The number of hydrogen-bond acceptors (Lipinski definition) is 4. The van der Waals surface area contributed by atoms with Gasteiger partial charge in [0.1, 0.15) is 6.61 Å². The van der Waals surface area contributed by atoms with Gasteiger partial charge < -0.3 is 15.2 Å². The first-order valence-electron chi connectivity index (χ1n) is 6.83. The van der Waals surface area contributed by atoms with Gasteiger partial charge >= 0.3 is 0 Å². The van der Waals surface area contributed by atoms with Crippen LogP contribution in [-0.2, 0) is 6.61 Å². The third-order valence-electron chi connectivity index (χ3n) is 2.97. The maximum absolute atomic E-state index is 6.02. The normalized spacial score (nSPS) is 10.6. The van der Waals surface area contributed by atoms with Crippen molar-refractivity contribution in [2.75, 3.05) is 7.11 Å². The number of nitrogens with two attached hydrogens (primary N) is 1. The summed E-state index contributed by atoms with van der Waals surface area (Å²) in [7, 11) is 1.57. The standard InChI is InChI=1S/C16H15Cl2N3O2S/c1-22-14-4-2-3-11(8-20-21-16(19)24)15(14)23-9-10-5-6-12(17)13(18)7-10/h2-8H,9H2,1H3,(H3,19,21,24). The van der Waals surface area contributed by atoms with Gasteiger partial charge in [0, 0.05) is 5.56 Å². The van der Waals surface area contributed by atoms with E-state index in [0.717, 1.165) is 5.56 Å². The van der Waals surface area contributed by atoms with Gasteiger partial charge in [-0.25, -0.2) is 0 Å². The number of rotatable bonds is 6. The lowest BCUT2D eigenvalue weighted by atomic mass is 10.2. The fourth-order valence-electron chi connectivity index (χ4n) is 1.90. The van der Waals surface area contributed by atoms with E-state index < -0.39 is 0 Å². The SMILES string of the molecule is COc1cccc(C=NNC(N)=S)c1OCc1ccc(Cl)c(Cl)c1. The Bertz CT molecular complexity index is 769. The van der Waals surface area contributed by atoms with Gasteiger partial charge in [0.2, 0.25) is 0 Å². The van der Waals surface area contributed by atoms with Gasteiger partial charge in [-0.1, -0.05) is 35.3 Å². The number of halogens is 2. The lowest BCUT2D eigenvalue weighted by Crippen LogP contribution is -2.24. The molecule has 3 N–H and O–H groups in total. The van der Waals surface area contributed by atoms with Crippen molar-refractivity contribution in [2.24, 2.45) is 10.8 Å². The van der Waals surface area contributed by atoms with E-state index in [1.54, 1.807) is 31.5 Å². The number of benzene rings is 2. The molecule has 126 valence electrons. The molecule has 0 aliphatic rings. The second-order valence-electron chi connectivity index (χ2n) is 4.65. The van der Waals surface area contributed by atoms with Crippen LogP contribution in [0.4, 0.5) is 0 Å². The Labute approximate surface area is 155 Å². The molecule has 2 aromatic carbocycles. The summed E-state index contributed by atoms with van der Waals surface area (Å²) < 4.78 is 11.2. The molecule has 0 heterocycles. The smallest absolute Gasteiger partial charge is 0.184 e. The van der Waals surface area contributed by atoms with Crippen molar-refractivity contribution in [1.29, 1.82) is 0 Å². The molecule has 2 rings (SSSR count). The van der Waals surface area contributed by atoms with Crippen LogP contribution in [0.2, 0.25) is 10.0 Å². The predicted molar refractivity (Wildman–Crippen MR) is 101 cm³/mol. The molecule has 5 nitrogen and oxygen atoms in total. The molecule has 0 aliphatic carbocycles. The number of methoxy groups -OCH3 is 1. The monoisotopic (exact) mass is 383 g/mol. The second kappa shape index (κ2) is 8.73. The lowest BCUT2D eigenvalue weighted by molar-refractivity contribution is 0.284. The molecule has 0 atom stereocenters. The van der Waals surface area contributed by atoms with Crippen LogP contribution in [0, 0.1) is 0 Å². The first-order chi connectivity index (χ1) is 11.5. The van der Waals surface area contributed by atoms with Crippen molar-refractivity contribution in [3.8, 4) is 11.5 Å². The molecular weight excluding hydrogens is 369 g/mol. The fraction of sp³-hybridized carbons (Fsp3) is 0.125. The zero-order valence-corrected chi connectivity index (χ0v) is 15.1. The average molecular weight is 384 g/mol. The zero-order chi connectivity index (χ0) is 17.5. The Kier molecular flexibility index (Phi) is 6.66. The third kappa shape index (κ3) is 4.99. The van der Waals surface area contributed by atoms with E-state index >= 15 is 0 Å². The maximum atomic E-state index is 6.02. The van der Waals surface area contributed by atoms with Crippen molar-refractivity contribution in [1.82, 2.24) is 5.43 Å². The van der Waals surface area contributed by atoms with Crippen LogP contribution in [0.1, 0.15) is 11.1 Å². The summed E-state index contributed by atoms with van der Waals surface area (Å²) >= 11 is 16.6. The van der Waals surface area contributed by atoms with Crippen molar-refractivity contribution in [3.63, 3.8) is 0 Å². The molecule has 0 unspecified atom stereocenters. The van der Waals surface area contributed by atoms with Crippen LogP contribution in [-0.4, -0.2) is 18.4 Å². The Morgan fingerprint density at radius 1 is 1.29 bits per heavy atom. The molecule has 0 amide bonds. The number of nitrogens with one attached hydrogen (secondary N) is 1. The molecule has 0 aromatic heterocycles. The average Bonchev–Trinajstić information content (AvgIpc) is 2.56. The molecule has 0 saturated heterocycles. The van der Waals surface area contributed by atoms with Crippen molar-refractivity contribution in [2.45, 2.75) is 6.61 Å². The molecule has 0 fully saturated rings. The molecular formula is C16H15Cl2N3O2S. The molecule has 0 aliphatic heterocycles. The number of nitrogens with zero attached hydrogens (tertiary/aromatic N) is 1. The summed E-state index contributed by atoms with van der Waals surface area (Å²) in [4.78, 5) is 0. The lowest BCUT2D eigenvalue weighted by Gasteiger charge is -2.13. The Hall–Kier alpha value is -2.02. The van der Waals surface area contributed by atoms with Crippen LogP contribution < -0.4 is 20.6 Å². The van der Waals surface area contributed by atoms with Crippen LogP contribution in [0.5, 0.6) is 11.5 Å². The molecule has 8 heteroatoms. The van der Waals surface area contributed by atoms with Gasteiger partial charge in [0.25, 0.3) is 0 Å². The van der Waals surface area contributed by atoms with Crippen molar-refractivity contribution < 1.29 is 9.47 Å². The van der Waals surface area contributed by atoms with Gasteiger partial charge in [-0.3, -0.25) is 5.43 Å². The van der Waals surface area contributed by atoms with Crippen molar-refractivity contribution in [3.05, 3.63) is 57.6 Å². The number of ether oxygens (including phenoxy) is 2. The summed E-state index contributed by atoms with van der Waals surface area (Å²) in [6.07, 6.45) is 1.55. The van der Waals surface area contributed by atoms with Crippen LogP contribution >= 0.6 is 35.4 Å². The highest BCUT2D eigenvalue weighted by molar-refractivity contribution is 7.80. The topological polar surface area (TPSA) is 68.9 Å². The molecule has 0 radical (unpaired) electrons. The Balaban J connectivity index is 2.21. The molecule has 24 heavy (non-hydrogen) atoms. The largest absolute Gasteiger partial charge is 0.493 e. The summed E-state index contributed by atoms with van der Waals surface area (Å²) in [6, 6.07) is 10.8. The summed E-state index contributed by atoms with van der Waals surface area (Å²) in [5.74, 6) is 1.12. The number of hydrogen-bond donors (Lipinski definition) is 2. The van der Waals surface area contributed by atoms with Gasteiger partial charge in [0.15, 0.2) is 16.6 Å². The van der Waals surface area contributed by atoms with Gasteiger partial charge in [-0.05, 0) is 42.0 Å². The Morgan fingerprint density at radius 3 is 2.75 bits per heavy atom. The van der Waals surface area contributed by atoms with Gasteiger partial charge in [0.05, 0.1) is 23.4 Å². The highest BCUT2D eigenvalue weighted by atomic mass is 35.5.